The Hall–Kier alpha value is -1.10. The van der Waals surface area contributed by atoms with Gasteiger partial charge in [-0.25, -0.2) is 4.79 Å². The minimum absolute atomic E-state index is 0.508. The highest BCUT2D eigenvalue weighted by Gasteiger charge is 2.18. The van der Waals surface area contributed by atoms with Gasteiger partial charge in [0.2, 0.25) is 11.5 Å². The van der Waals surface area contributed by atoms with Crippen LogP contribution in [0.5, 0.6) is 0 Å². The second kappa shape index (κ2) is 3.84. The molecule has 0 saturated carbocycles. The number of hydrogen-bond donors (Lipinski definition) is 2. The molecule has 0 aromatic carbocycles. The zero-order valence-corrected chi connectivity index (χ0v) is 5.50. The number of nitrogens with zero attached hydrogens (tertiary/aromatic N) is 1. The lowest BCUT2D eigenvalue weighted by Crippen LogP contribution is -2.24. The summed E-state index contributed by atoms with van der Waals surface area (Å²) in [5.41, 5.74) is -0.949. The number of carbonyl (C=O) groups excluding carboxylic acids is 1. The lowest BCUT2D eigenvalue weighted by atomic mass is 10.3. The first kappa shape index (κ1) is 8.90. The van der Waals surface area contributed by atoms with E-state index < -0.39 is 23.3 Å². The predicted octanol–water partition coefficient (Wildman–Crippen LogP) is -0.291. The van der Waals surface area contributed by atoms with Gasteiger partial charge in [-0.1, -0.05) is 5.16 Å². The van der Waals surface area contributed by atoms with Gasteiger partial charge in [0, 0.05) is 0 Å². The highest BCUT2D eigenvalue weighted by molar-refractivity contribution is 6.67. The highest BCUT2D eigenvalue weighted by Crippen LogP contribution is 1.85. The van der Waals surface area contributed by atoms with Crippen molar-refractivity contribution < 1.29 is 19.9 Å². The van der Waals surface area contributed by atoms with Crippen molar-refractivity contribution in [3.8, 4) is 0 Å². The SMILES string of the molecule is O=C(O)/C(=N\O)C(=O)CCl. The molecule has 56 valence electrons. The van der Waals surface area contributed by atoms with E-state index in [0.717, 1.165) is 0 Å². The highest BCUT2D eigenvalue weighted by atomic mass is 35.5. The number of rotatable bonds is 3. The zero-order chi connectivity index (χ0) is 8.15. The van der Waals surface area contributed by atoms with Gasteiger partial charge in [0.05, 0.1) is 5.88 Å². The van der Waals surface area contributed by atoms with Crippen molar-refractivity contribution in [3.05, 3.63) is 0 Å². The van der Waals surface area contributed by atoms with Gasteiger partial charge in [-0.15, -0.1) is 11.6 Å². The lowest BCUT2D eigenvalue weighted by Gasteiger charge is -1.90. The number of carbonyl (C=O) groups is 2. The van der Waals surface area contributed by atoms with E-state index in [-0.39, 0.29) is 0 Å². The van der Waals surface area contributed by atoms with Crippen LogP contribution < -0.4 is 0 Å². The molecule has 0 bridgehead atoms. The second-order valence-electron chi connectivity index (χ2n) is 1.31. The number of carboxylic acid groups (broad SMARTS) is 1. The van der Waals surface area contributed by atoms with Gasteiger partial charge in [-0.05, 0) is 0 Å². The Bertz CT molecular complexity index is 188. The molecule has 5 nitrogen and oxygen atoms in total. The molecule has 0 aliphatic carbocycles. The van der Waals surface area contributed by atoms with Crippen molar-refractivity contribution in [2.45, 2.75) is 0 Å². The van der Waals surface area contributed by atoms with E-state index in [9.17, 15) is 9.59 Å². The number of Topliss-reactive ketones (excluding diaryl/α,β-unsaturated/α-hetero) is 1. The van der Waals surface area contributed by atoms with Gasteiger partial charge in [-0.2, -0.15) is 0 Å². The van der Waals surface area contributed by atoms with Crippen LogP contribution in [0.1, 0.15) is 0 Å². The fraction of sp³-hybridized carbons (Fsp3) is 0.250. The molecule has 0 spiro atoms. The standard InChI is InChI=1S/C4H4ClNO4/c5-1-2(7)3(6-10)4(8)9/h10H,1H2,(H,8,9)/b6-3-. The van der Waals surface area contributed by atoms with E-state index >= 15 is 0 Å². The Morgan fingerprint density at radius 1 is 1.50 bits per heavy atom. The summed E-state index contributed by atoms with van der Waals surface area (Å²) < 4.78 is 0. The normalized spacial score (nSPS) is 11.1. The molecule has 0 amide bonds. The van der Waals surface area contributed by atoms with Crippen LogP contribution in [0.25, 0.3) is 0 Å². The van der Waals surface area contributed by atoms with Gasteiger partial charge < -0.3 is 10.3 Å². The summed E-state index contributed by atoms with van der Waals surface area (Å²) in [5.74, 6) is -3.02. The summed E-state index contributed by atoms with van der Waals surface area (Å²) >= 11 is 4.96. The maximum atomic E-state index is 10.4. The Morgan fingerprint density at radius 2 is 2.00 bits per heavy atom. The van der Waals surface area contributed by atoms with Gasteiger partial charge in [0.15, 0.2) is 0 Å². The van der Waals surface area contributed by atoms with Crippen LogP contribution in [0.3, 0.4) is 0 Å². The average molecular weight is 166 g/mol. The number of aliphatic carboxylic acids is 1. The van der Waals surface area contributed by atoms with Crippen LogP contribution >= 0.6 is 11.6 Å². The molecule has 0 aromatic heterocycles. The summed E-state index contributed by atoms with van der Waals surface area (Å²) in [6.45, 7) is 0. The molecular formula is C4H4ClNO4. The van der Waals surface area contributed by atoms with Crippen LogP contribution in [0.2, 0.25) is 0 Å². The number of hydrogen-bond acceptors (Lipinski definition) is 4. The van der Waals surface area contributed by atoms with E-state index in [4.69, 9.17) is 21.9 Å². The molecule has 0 aliphatic heterocycles. The summed E-state index contributed by atoms with van der Waals surface area (Å²) in [6, 6.07) is 0. The molecule has 2 N–H and O–H groups in total. The molecule has 6 heteroatoms. The fourth-order valence-corrected chi connectivity index (χ4v) is 0.408. The monoisotopic (exact) mass is 165 g/mol. The largest absolute Gasteiger partial charge is 0.476 e. The molecule has 10 heavy (non-hydrogen) atoms. The number of ketones is 1. The number of alkyl halides is 1. The third kappa shape index (κ3) is 2.02. The summed E-state index contributed by atoms with van der Waals surface area (Å²) in [7, 11) is 0. The van der Waals surface area contributed by atoms with Crippen LogP contribution in [0, 0.1) is 0 Å². The van der Waals surface area contributed by atoms with E-state index in [0.29, 0.717) is 0 Å². The third-order valence-corrected chi connectivity index (χ3v) is 0.931. The first-order chi connectivity index (χ1) is 4.63. The van der Waals surface area contributed by atoms with Crippen LogP contribution in [0.15, 0.2) is 5.16 Å². The maximum Gasteiger partial charge on any atom is 0.361 e. The topological polar surface area (TPSA) is 87.0 Å². The van der Waals surface area contributed by atoms with E-state index in [1.807, 2.05) is 0 Å². The van der Waals surface area contributed by atoms with Crippen molar-refractivity contribution in [2.75, 3.05) is 5.88 Å². The maximum absolute atomic E-state index is 10.4. The molecule has 0 aliphatic rings. The van der Waals surface area contributed by atoms with Crippen molar-refractivity contribution in [1.29, 1.82) is 0 Å². The van der Waals surface area contributed by atoms with Gasteiger partial charge >= 0.3 is 5.97 Å². The van der Waals surface area contributed by atoms with Gasteiger partial charge in [-0.3, -0.25) is 4.79 Å². The Balaban J connectivity index is 4.39. The van der Waals surface area contributed by atoms with Crippen molar-refractivity contribution in [2.24, 2.45) is 5.16 Å². The number of oxime groups is 1. The first-order valence-corrected chi connectivity index (χ1v) is 2.71. The molecule has 0 aromatic rings. The second-order valence-corrected chi connectivity index (χ2v) is 1.58. The van der Waals surface area contributed by atoms with E-state index in [1.165, 1.54) is 0 Å². The first-order valence-electron chi connectivity index (χ1n) is 2.18. The molecule has 0 saturated heterocycles. The summed E-state index contributed by atoms with van der Waals surface area (Å²) in [4.78, 5) is 20.3. The third-order valence-electron chi connectivity index (χ3n) is 0.688. The molecule has 0 atom stereocenters. The molecule has 0 fully saturated rings. The molecule has 0 rings (SSSR count). The summed E-state index contributed by atoms with van der Waals surface area (Å²) in [5, 5.41) is 18.3. The van der Waals surface area contributed by atoms with Crippen molar-refractivity contribution >= 4 is 29.1 Å². The smallest absolute Gasteiger partial charge is 0.361 e. The predicted molar refractivity (Wildman–Crippen MR) is 32.6 cm³/mol. The Labute approximate surface area is 60.9 Å². The quantitative estimate of drug-likeness (QED) is 0.198. The fourth-order valence-electron chi connectivity index (χ4n) is 0.281. The molecule has 0 radical (unpaired) electrons. The molecule has 0 heterocycles. The minimum Gasteiger partial charge on any atom is -0.476 e. The number of carboxylic acids is 1. The van der Waals surface area contributed by atoms with Crippen LogP contribution in [0.4, 0.5) is 0 Å². The Kier molecular flexibility index (Phi) is 3.42. The van der Waals surface area contributed by atoms with Gasteiger partial charge in [0.1, 0.15) is 0 Å². The van der Waals surface area contributed by atoms with Crippen molar-refractivity contribution in [1.82, 2.24) is 0 Å². The van der Waals surface area contributed by atoms with E-state index in [1.54, 1.807) is 0 Å². The average Bonchev–Trinajstić information content (AvgIpc) is 1.88. The number of halogens is 1. The minimum atomic E-state index is -1.59. The van der Waals surface area contributed by atoms with E-state index in [2.05, 4.69) is 5.16 Å². The summed E-state index contributed by atoms with van der Waals surface area (Å²) in [6.07, 6.45) is 0. The van der Waals surface area contributed by atoms with Gasteiger partial charge in [0.25, 0.3) is 0 Å². The van der Waals surface area contributed by atoms with Crippen LogP contribution in [-0.4, -0.2) is 33.7 Å². The molecular weight excluding hydrogens is 162 g/mol. The van der Waals surface area contributed by atoms with Crippen LogP contribution in [-0.2, 0) is 9.59 Å². The van der Waals surface area contributed by atoms with Crippen molar-refractivity contribution in [3.63, 3.8) is 0 Å². The Morgan fingerprint density at radius 3 is 2.10 bits per heavy atom. The molecule has 0 unspecified atom stereocenters. The zero-order valence-electron chi connectivity index (χ0n) is 4.74. The lowest BCUT2D eigenvalue weighted by molar-refractivity contribution is -0.130.